The van der Waals surface area contributed by atoms with Crippen LogP contribution >= 0.6 is 22.7 Å². The lowest BCUT2D eigenvalue weighted by Gasteiger charge is -2.26. The first-order valence-electron chi connectivity index (χ1n) is 7.68. The van der Waals surface area contributed by atoms with Crippen LogP contribution in [-0.4, -0.2) is 24.0 Å². The second kappa shape index (κ2) is 7.38. The van der Waals surface area contributed by atoms with E-state index in [4.69, 9.17) is 4.74 Å². The lowest BCUT2D eigenvalue weighted by molar-refractivity contribution is -0.119. The monoisotopic (exact) mass is 349 g/mol. The van der Waals surface area contributed by atoms with Crippen LogP contribution in [0.4, 0.5) is 0 Å². The van der Waals surface area contributed by atoms with Gasteiger partial charge < -0.3 is 9.72 Å². The molecule has 0 aliphatic heterocycles. The number of Topliss-reactive ketones (excluding diaryl/α,β-unsaturated/α-hetero) is 1. The summed E-state index contributed by atoms with van der Waals surface area (Å²) in [5.74, 6) is 0.0935. The van der Waals surface area contributed by atoms with Gasteiger partial charge in [0.1, 0.15) is 0 Å². The fourth-order valence-electron chi connectivity index (χ4n) is 2.89. The van der Waals surface area contributed by atoms with E-state index in [0.29, 0.717) is 9.20 Å². The predicted octanol–water partition coefficient (Wildman–Crippen LogP) is 1.88. The molecule has 0 bridgehead atoms. The number of methoxy groups -OCH3 is 1. The number of aromatic amines is 1. The Balaban J connectivity index is 1.83. The molecule has 23 heavy (non-hydrogen) atoms. The molecule has 2 unspecified atom stereocenters. The number of aromatic nitrogens is 1. The number of thiophene rings is 1. The summed E-state index contributed by atoms with van der Waals surface area (Å²) in [5, 5.41) is 1.97. The van der Waals surface area contributed by atoms with Crippen molar-refractivity contribution >= 4 is 40.6 Å². The number of carbonyl (C=O) groups is 1. The van der Waals surface area contributed by atoms with E-state index in [9.17, 15) is 9.59 Å². The Morgan fingerprint density at radius 3 is 3.04 bits per heavy atom. The number of H-pyrrole nitrogens is 1. The van der Waals surface area contributed by atoms with E-state index in [2.05, 4.69) is 4.98 Å². The van der Waals surface area contributed by atoms with Crippen LogP contribution in [0.3, 0.4) is 0 Å². The average Bonchev–Trinajstić information content (AvgIpc) is 3.18. The smallest absolute Gasteiger partial charge is 0.266 e. The van der Waals surface area contributed by atoms with E-state index in [0.717, 1.165) is 30.6 Å². The van der Waals surface area contributed by atoms with Crippen molar-refractivity contribution in [3.63, 3.8) is 0 Å². The first-order valence-corrected chi connectivity index (χ1v) is 9.38. The molecule has 0 amide bonds. The number of ether oxygens (including phenoxy) is 1. The van der Waals surface area contributed by atoms with Gasteiger partial charge in [-0.25, -0.2) is 0 Å². The summed E-state index contributed by atoms with van der Waals surface area (Å²) < 4.78 is 6.64. The van der Waals surface area contributed by atoms with Crippen molar-refractivity contribution in [3.8, 4) is 0 Å². The molecule has 2 heterocycles. The van der Waals surface area contributed by atoms with Crippen LogP contribution in [0.2, 0.25) is 0 Å². The molecule has 2 aromatic rings. The van der Waals surface area contributed by atoms with Gasteiger partial charge in [0, 0.05) is 24.0 Å². The Bertz CT molecular complexity index is 832. The molecular weight excluding hydrogens is 330 g/mol. The van der Waals surface area contributed by atoms with Crippen molar-refractivity contribution in [1.82, 2.24) is 4.98 Å². The molecule has 2 aromatic heterocycles. The normalized spacial score (nSPS) is 23.3. The topological polar surface area (TPSA) is 59.2 Å². The maximum absolute atomic E-state index is 12.4. The highest BCUT2D eigenvalue weighted by atomic mass is 32.1. The Labute approximate surface area is 142 Å². The second-order valence-electron chi connectivity index (χ2n) is 5.71. The van der Waals surface area contributed by atoms with Crippen molar-refractivity contribution < 1.29 is 9.53 Å². The van der Waals surface area contributed by atoms with Crippen LogP contribution in [0.1, 0.15) is 30.6 Å². The molecular formula is C17H19NO3S2. The Kier molecular flexibility index (Phi) is 5.25. The van der Waals surface area contributed by atoms with Gasteiger partial charge in [-0.15, -0.1) is 22.7 Å². The number of hydrogen-bond donors (Lipinski definition) is 1. The highest BCUT2D eigenvalue weighted by molar-refractivity contribution is 7.11. The summed E-state index contributed by atoms with van der Waals surface area (Å²) in [4.78, 5) is 28.2. The van der Waals surface area contributed by atoms with Gasteiger partial charge in [-0.1, -0.05) is 12.5 Å². The number of thiazole rings is 1. The van der Waals surface area contributed by atoms with E-state index in [1.165, 1.54) is 11.3 Å². The molecule has 0 spiro atoms. The van der Waals surface area contributed by atoms with Gasteiger partial charge in [0.05, 0.1) is 15.3 Å². The molecule has 122 valence electrons. The molecule has 1 aliphatic rings. The number of hydrogen-bond acceptors (Lipinski definition) is 5. The molecule has 1 aliphatic carbocycles. The van der Waals surface area contributed by atoms with Crippen LogP contribution in [0.15, 0.2) is 22.3 Å². The fourth-order valence-corrected chi connectivity index (χ4v) is 4.51. The molecule has 6 heteroatoms. The number of rotatable bonds is 4. The summed E-state index contributed by atoms with van der Waals surface area (Å²) in [6, 6.07) is 3.91. The molecule has 3 rings (SSSR count). The summed E-state index contributed by atoms with van der Waals surface area (Å²) in [6.07, 6.45) is 7.33. The van der Waals surface area contributed by atoms with Gasteiger partial charge in [0.25, 0.3) is 5.56 Å². The minimum atomic E-state index is -0.138. The Hall–Kier alpha value is -1.50. The maximum Gasteiger partial charge on any atom is 0.266 e. The molecule has 1 fully saturated rings. The quantitative estimate of drug-likeness (QED) is 0.917. The number of carbonyl (C=O) groups excluding carboxylic acids is 1. The largest absolute Gasteiger partial charge is 0.381 e. The van der Waals surface area contributed by atoms with Gasteiger partial charge in [-0.2, -0.15) is 0 Å². The first kappa shape index (κ1) is 16.4. The van der Waals surface area contributed by atoms with Gasteiger partial charge in [-0.3, -0.25) is 9.59 Å². The summed E-state index contributed by atoms with van der Waals surface area (Å²) in [7, 11) is 1.70. The van der Waals surface area contributed by atoms with Crippen LogP contribution in [-0.2, 0) is 9.53 Å². The van der Waals surface area contributed by atoms with Crippen LogP contribution in [0.5, 0.6) is 0 Å². The van der Waals surface area contributed by atoms with Gasteiger partial charge in [0.2, 0.25) is 0 Å². The highest BCUT2D eigenvalue weighted by Gasteiger charge is 2.25. The van der Waals surface area contributed by atoms with Crippen molar-refractivity contribution in [2.75, 3.05) is 7.11 Å². The first-order chi connectivity index (χ1) is 11.2. The number of ketones is 1. The molecule has 0 saturated heterocycles. The molecule has 1 N–H and O–H groups in total. The molecule has 2 atom stereocenters. The standard InChI is InChI=1S/C17H19NO3S2/c1-21-12-5-2-4-11(8-12)14(19)10-16-18-17(20)15(23-16)9-13-6-3-7-22-13/h3,6-7,9-12H,2,4-5,8H2,1H3,(H,18,20)/b15-9+,16-10+. The van der Waals surface area contributed by atoms with E-state index < -0.39 is 0 Å². The minimum absolute atomic E-state index is 0.00373. The number of nitrogens with one attached hydrogen (secondary N) is 1. The summed E-state index contributed by atoms with van der Waals surface area (Å²) in [6.45, 7) is 0. The van der Waals surface area contributed by atoms with Crippen molar-refractivity contribution in [3.05, 3.63) is 41.9 Å². The Morgan fingerprint density at radius 2 is 2.30 bits per heavy atom. The van der Waals surface area contributed by atoms with Gasteiger partial charge in [0.15, 0.2) is 5.78 Å². The molecule has 0 aromatic carbocycles. The lowest BCUT2D eigenvalue weighted by Crippen LogP contribution is -2.27. The molecule has 0 radical (unpaired) electrons. The maximum atomic E-state index is 12.4. The third kappa shape index (κ3) is 4.07. The fraction of sp³-hybridized carbons (Fsp3) is 0.412. The third-order valence-corrected chi connectivity index (χ3v) is 5.91. The molecule has 4 nitrogen and oxygen atoms in total. The molecule has 1 saturated carbocycles. The van der Waals surface area contributed by atoms with Crippen molar-refractivity contribution in [2.24, 2.45) is 5.92 Å². The second-order valence-corrected chi connectivity index (χ2v) is 7.78. The minimum Gasteiger partial charge on any atom is -0.381 e. The van der Waals surface area contributed by atoms with Gasteiger partial charge >= 0.3 is 0 Å². The predicted molar refractivity (Wildman–Crippen MR) is 94.3 cm³/mol. The summed E-state index contributed by atoms with van der Waals surface area (Å²) >= 11 is 2.91. The third-order valence-electron chi connectivity index (χ3n) is 4.13. The van der Waals surface area contributed by atoms with E-state index >= 15 is 0 Å². The SMILES string of the molecule is COC1CCCC(C(=O)/C=c2\[nH]c(=O)/c(=C\c3cccs3)s2)C1. The Morgan fingerprint density at radius 1 is 1.43 bits per heavy atom. The highest BCUT2D eigenvalue weighted by Crippen LogP contribution is 2.26. The zero-order valence-electron chi connectivity index (χ0n) is 12.9. The van der Waals surface area contributed by atoms with E-state index in [-0.39, 0.29) is 23.4 Å². The van der Waals surface area contributed by atoms with E-state index in [1.54, 1.807) is 24.5 Å². The van der Waals surface area contributed by atoms with Crippen LogP contribution < -0.4 is 14.8 Å². The van der Waals surface area contributed by atoms with E-state index in [1.807, 2.05) is 23.6 Å². The van der Waals surface area contributed by atoms with Crippen molar-refractivity contribution in [2.45, 2.75) is 31.8 Å². The summed E-state index contributed by atoms with van der Waals surface area (Å²) in [5.41, 5.74) is -0.138. The zero-order valence-corrected chi connectivity index (χ0v) is 14.5. The van der Waals surface area contributed by atoms with Crippen LogP contribution in [0, 0.1) is 5.92 Å². The van der Waals surface area contributed by atoms with Gasteiger partial charge in [-0.05, 0) is 36.8 Å². The average molecular weight is 349 g/mol. The van der Waals surface area contributed by atoms with Crippen LogP contribution in [0.25, 0.3) is 12.2 Å². The van der Waals surface area contributed by atoms with Crippen molar-refractivity contribution in [1.29, 1.82) is 0 Å². The lowest BCUT2D eigenvalue weighted by atomic mass is 9.84. The zero-order chi connectivity index (χ0) is 16.2.